The van der Waals surface area contributed by atoms with Crippen LogP contribution in [0, 0.1) is 0 Å². The highest BCUT2D eigenvalue weighted by atomic mass is 35.5. The minimum absolute atomic E-state index is 0.207. The van der Waals surface area contributed by atoms with E-state index < -0.39 is 5.97 Å². The van der Waals surface area contributed by atoms with Crippen LogP contribution in [0.25, 0.3) is 0 Å². The summed E-state index contributed by atoms with van der Waals surface area (Å²) in [5, 5.41) is 5.05. The van der Waals surface area contributed by atoms with Crippen LogP contribution in [0.4, 0.5) is 5.69 Å². The molecule has 0 aliphatic carbocycles. The van der Waals surface area contributed by atoms with Crippen molar-refractivity contribution in [2.45, 2.75) is 33.3 Å². The first-order valence-electron chi connectivity index (χ1n) is 6.03. The van der Waals surface area contributed by atoms with Crippen molar-refractivity contribution in [3.63, 3.8) is 0 Å². The van der Waals surface area contributed by atoms with Gasteiger partial charge in [-0.2, -0.15) is 5.10 Å². The summed E-state index contributed by atoms with van der Waals surface area (Å²) in [5.41, 5.74) is 3.32. The van der Waals surface area contributed by atoms with Crippen LogP contribution in [-0.4, -0.2) is 17.8 Å². The van der Waals surface area contributed by atoms with Crippen LogP contribution in [0.2, 0.25) is 15.1 Å². The molecule has 7 heteroatoms. The Morgan fingerprint density at radius 2 is 1.85 bits per heavy atom. The highest BCUT2D eigenvalue weighted by Gasteiger charge is 2.14. The smallest absolute Gasteiger partial charge is 0.354 e. The van der Waals surface area contributed by atoms with E-state index in [1.54, 1.807) is 20.8 Å². The van der Waals surface area contributed by atoms with Crippen LogP contribution in [0.5, 0.6) is 0 Å². The number of nitrogens with one attached hydrogen (secondary N) is 1. The quantitative estimate of drug-likeness (QED) is 0.478. The van der Waals surface area contributed by atoms with Crippen LogP contribution in [0.1, 0.15) is 27.2 Å². The molecular weight excluding hydrogens is 323 g/mol. The third kappa shape index (κ3) is 4.85. The molecule has 1 aromatic carbocycles. The summed E-state index contributed by atoms with van der Waals surface area (Å²) in [6.07, 6.45) is 0.212. The first kappa shape index (κ1) is 17.1. The molecule has 0 heterocycles. The number of hydrogen-bond donors (Lipinski definition) is 1. The molecule has 0 radical (unpaired) electrons. The molecule has 0 bridgehead atoms. The molecule has 0 saturated carbocycles. The maximum Gasteiger partial charge on any atom is 0.354 e. The van der Waals surface area contributed by atoms with Gasteiger partial charge in [-0.05, 0) is 32.4 Å². The molecule has 0 atom stereocenters. The summed E-state index contributed by atoms with van der Waals surface area (Å²) < 4.78 is 5.07. The molecule has 0 amide bonds. The van der Waals surface area contributed by atoms with E-state index in [1.807, 2.05) is 0 Å². The summed E-state index contributed by atoms with van der Waals surface area (Å²) >= 11 is 17.8. The Morgan fingerprint density at radius 1 is 1.30 bits per heavy atom. The predicted octanol–water partition coefficient (Wildman–Crippen LogP) is 4.78. The van der Waals surface area contributed by atoms with E-state index >= 15 is 0 Å². The van der Waals surface area contributed by atoms with Gasteiger partial charge in [-0.25, -0.2) is 4.79 Å². The lowest BCUT2D eigenvalue weighted by molar-refractivity contribution is -0.139. The number of carbonyl (C=O) groups is 1. The highest BCUT2D eigenvalue weighted by Crippen LogP contribution is 2.33. The van der Waals surface area contributed by atoms with Gasteiger partial charge >= 0.3 is 5.97 Å². The van der Waals surface area contributed by atoms with E-state index in [-0.39, 0.29) is 11.8 Å². The van der Waals surface area contributed by atoms with Gasteiger partial charge in [0.1, 0.15) is 5.71 Å². The normalized spacial score (nSPS) is 11.7. The average molecular weight is 338 g/mol. The van der Waals surface area contributed by atoms with E-state index in [2.05, 4.69) is 10.5 Å². The number of nitrogens with zero attached hydrogens (tertiary/aromatic N) is 1. The fourth-order valence-corrected chi connectivity index (χ4v) is 2.23. The number of halogens is 3. The zero-order chi connectivity index (χ0) is 15.3. The first-order valence-corrected chi connectivity index (χ1v) is 7.16. The third-order valence-corrected chi connectivity index (χ3v) is 3.04. The maximum atomic E-state index is 11.7. The van der Waals surface area contributed by atoms with Crippen LogP contribution >= 0.6 is 34.8 Å². The molecule has 110 valence electrons. The fraction of sp³-hybridized carbons (Fsp3) is 0.385. The standard InChI is InChI=1S/C13H15Cl3N2O2/c1-4-11(13(19)20-7(2)3)17-18-12-9(15)5-8(14)6-10(12)16/h5-7,18H,4H2,1-3H3. The van der Waals surface area contributed by atoms with E-state index in [4.69, 9.17) is 39.5 Å². The Kier molecular flexibility index (Phi) is 6.59. The minimum atomic E-state index is -0.476. The van der Waals surface area contributed by atoms with Gasteiger partial charge in [0.2, 0.25) is 0 Å². The third-order valence-electron chi connectivity index (χ3n) is 2.22. The van der Waals surface area contributed by atoms with Gasteiger partial charge in [0, 0.05) is 5.02 Å². The molecule has 0 saturated heterocycles. The van der Waals surface area contributed by atoms with Crippen molar-refractivity contribution in [1.82, 2.24) is 0 Å². The maximum absolute atomic E-state index is 11.7. The molecule has 0 unspecified atom stereocenters. The van der Waals surface area contributed by atoms with Crippen molar-refractivity contribution in [2.75, 3.05) is 5.43 Å². The van der Waals surface area contributed by atoms with Gasteiger partial charge in [-0.3, -0.25) is 5.43 Å². The van der Waals surface area contributed by atoms with Crippen molar-refractivity contribution >= 4 is 52.2 Å². The molecule has 0 aliphatic rings. The van der Waals surface area contributed by atoms with E-state index in [1.165, 1.54) is 12.1 Å². The zero-order valence-corrected chi connectivity index (χ0v) is 13.6. The molecule has 4 nitrogen and oxygen atoms in total. The molecule has 1 aromatic rings. The number of esters is 1. The van der Waals surface area contributed by atoms with Gasteiger partial charge in [-0.15, -0.1) is 0 Å². The lowest BCUT2D eigenvalue weighted by Gasteiger charge is -2.10. The Balaban J connectivity index is 2.92. The van der Waals surface area contributed by atoms with Gasteiger partial charge < -0.3 is 4.74 Å². The summed E-state index contributed by atoms with van der Waals surface area (Å²) in [6.45, 7) is 5.34. The molecule has 0 spiro atoms. The first-order chi connectivity index (χ1) is 9.35. The monoisotopic (exact) mass is 336 g/mol. The Hall–Kier alpha value is -0.970. The minimum Gasteiger partial charge on any atom is -0.458 e. The fourth-order valence-electron chi connectivity index (χ4n) is 1.32. The second-order valence-corrected chi connectivity index (χ2v) is 5.47. The number of carbonyl (C=O) groups excluding carboxylic acids is 1. The molecular formula is C13H15Cl3N2O2. The lowest BCUT2D eigenvalue weighted by atomic mass is 10.3. The van der Waals surface area contributed by atoms with Gasteiger partial charge in [-0.1, -0.05) is 41.7 Å². The van der Waals surface area contributed by atoms with Crippen molar-refractivity contribution < 1.29 is 9.53 Å². The topological polar surface area (TPSA) is 50.7 Å². The van der Waals surface area contributed by atoms with Crippen LogP contribution in [-0.2, 0) is 9.53 Å². The zero-order valence-electron chi connectivity index (χ0n) is 11.3. The predicted molar refractivity (Wildman–Crippen MR) is 84.0 cm³/mol. The summed E-state index contributed by atoms with van der Waals surface area (Å²) in [5.74, 6) is -0.476. The summed E-state index contributed by atoms with van der Waals surface area (Å²) in [7, 11) is 0. The van der Waals surface area contributed by atoms with Crippen LogP contribution in [0.15, 0.2) is 17.2 Å². The van der Waals surface area contributed by atoms with E-state index in [9.17, 15) is 4.79 Å². The summed E-state index contributed by atoms with van der Waals surface area (Å²) in [6, 6.07) is 3.07. The van der Waals surface area contributed by atoms with E-state index in [0.717, 1.165) is 0 Å². The molecule has 1 rings (SSSR count). The Labute approximate surface area is 133 Å². The van der Waals surface area contributed by atoms with Crippen LogP contribution < -0.4 is 5.43 Å². The van der Waals surface area contributed by atoms with Crippen molar-refractivity contribution in [3.8, 4) is 0 Å². The van der Waals surface area contributed by atoms with Gasteiger partial charge in [0.05, 0.1) is 21.8 Å². The second-order valence-electron chi connectivity index (χ2n) is 4.22. The second kappa shape index (κ2) is 7.72. The number of hydrazone groups is 1. The van der Waals surface area contributed by atoms with Crippen molar-refractivity contribution in [1.29, 1.82) is 0 Å². The number of ether oxygens (including phenoxy) is 1. The largest absolute Gasteiger partial charge is 0.458 e. The highest BCUT2D eigenvalue weighted by molar-refractivity contribution is 6.42. The molecule has 20 heavy (non-hydrogen) atoms. The number of benzene rings is 1. The van der Waals surface area contributed by atoms with E-state index in [0.29, 0.717) is 27.2 Å². The lowest BCUT2D eigenvalue weighted by Crippen LogP contribution is -2.21. The van der Waals surface area contributed by atoms with Crippen molar-refractivity contribution in [2.24, 2.45) is 5.10 Å². The molecule has 1 N–H and O–H groups in total. The number of hydrogen-bond acceptors (Lipinski definition) is 4. The molecule has 0 aromatic heterocycles. The Morgan fingerprint density at radius 3 is 2.30 bits per heavy atom. The Bertz CT molecular complexity index is 507. The SMILES string of the molecule is CCC(=NNc1c(Cl)cc(Cl)cc1Cl)C(=O)OC(C)C. The number of rotatable bonds is 5. The average Bonchev–Trinajstić information content (AvgIpc) is 2.31. The van der Waals surface area contributed by atoms with Gasteiger partial charge in [0.25, 0.3) is 0 Å². The van der Waals surface area contributed by atoms with Crippen molar-refractivity contribution in [3.05, 3.63) is 27.2 Å². The molecule has 0 fully saturated rings. The van der Waals surface area contributed by atoms with Crippen LogP contribution in [0.3, 0.4) is 0 Å². The number of anilines is 1. The molecule has 0 aliphatic heterocycles. The van der Waals surface area contributed by atoms with Gasteiger partial charge in [0.15, 0.2) is 0 Å². The summed E-state index contributed by atoms with van der Waals surface area (Å²) in [4.78, 5) is 11.7.